The van der Waals surface area contributed by atoms with Gasteiger partial charge in [-0.05, 0) is 43.8 Å². The third kappa shape index (κ3) is 2.58. The lowest BCUT2D eigenvalue weighted by atomic mass is 10.1. The van der Waals surface area contributed by atoms with E-state index in [0.717, 1.165) is 18.7 Å². The summed E-state index contributed by atoms with van der Waals surface area (Å²) in [4.78, 5) is 1.28. The van der Waals surface area contributed by atoms with Crippen molar-refractivity contribution in [3.05, 3.63) is 39.3 Å². The first-order chi connectivity index (χ1) is 8.11. The molecule has 1 unspecified atom stereocenters. The highest BCUT2D eigenvalue weighted by Crippen LogP contribution is 2.25. The highest BCUT2D eigenvalue weighted by atomic mass is 32.1. The van der Waals surface area contributed by atoms with Crippen LogP contribution in [0.3, 0.4) is 0 Å². The van der Waals surface area contributed by atoms with Gasteiger partial charge in [-0.15, -0.1) is 11.3 Å². The quantitative estimate of drug-likeness (QED) is 0.905. The number of hydrogen-bond donors (Lipinski definition) is 1. The average Bonchev–Trinajstić information content (AvgIpc) is 2.84. The fraction of sp³-hybridized carbons (Fsp3) is 0.462. The second kappa shape index (κ2) is 5.02. The largest absolute Gasteiger partial charge is 0.323 e. The third-order valence-electron chi connectivity index (χ3n) is 2.95. The van der Waals surface area contributed by atoms with Crippen molar-refractivity contribution in [3.63, 3.8) is 0 Å². The van der Waals surface area contributed by atoms with Crippen molar-refractivity contribution in [1.82, 2.24) is 9.78 Å². The van der Waals surface area contributed by atoms with Crippen LogP contribution in [0.25, 0.3) is 0 Å². The molecule has 2 aromatic heterocycles. The molecule has 2 rings (SSSR count). The minimum atomic E-state index is 0.0800. The Balaban J connectivity index is 2.18. The Morgan fingerprint density at radius 1 is 1.47 bits per heavy atom. The molecule has 0 spiro atoms. The molecule has 92 valence electrons. The molecule has 2 heterocycles. The minimum Gasteiger partial charge on any atom is -0.323 e. The van der Waals surface area contributed by atoms with Crippen molar-refractivity contribution >= 4 is 11.3 Å². The van der Waals surface area contributed by atoms with Gasteiger partial charge in [0.1, 0.15) is 0 Å². The summed E-state index contributed by atoms with van der Waals surface area (Å²) in [5.41, 5.74) is 9.86. The number of nitrogens with zero attached hydrogens (tertiary/aromatic N) is 2. The molecule has 3 nitrogen and oxygen atoms in total. The molecular weight excluding hydrogens is 230 g/mol. The summed E-state index contributed by atoms with van der Waals surface area (Å²) in [6.07, 6.45) is 0.857. The van der Waals surface area contributed by atoms with Crippen LogP contribution in [0, 0.1) is 13.8 Å². The van der Waals surface area contributed by atoms with Crippen LogP contribution in [0.4, 0.5) is 0 Å². The monoisotopic (exact) mass is 249 g/mol. The van der Waals surface area contributed by atoms with E-state index in [0.29, 0.717) is 0 Å². The predicted octanol–water partition coefficient (Wildman–Crippen LogP) is 2.82. The molecule has 0 aromatic carbocycles. The molecule has 0 bridgehead atoms. The van der Waals surface area contributed by atoms with Gasteiger partial charge in [0.25, 0.3) is 0 Å². The second-order valence-electron chi connectivity index (χ2n) is 4.37. The Bertz CT molecular complexity index is 498. The fourth-order valence-corrected chi connectivity index (χ4v) is 3.05. The lowest BCUT2D eigenvalue weighted by Crippen LogP contribution is -2.15. The van der Waals surface area contributed by atoms with Gasteiger partial charge in [0.05, 0.1) is 5.69 Å². The highest BCUT2D eigenvalue weighted by Gasteiger charge is 2.14. The normalized spacial score (nSPS) is 12.9. The Labute approximate surface area is 106 Å². The number of aryl methyl sites for hydroxylation is 3. The fourth-order valence-electron chi connectivity index (χ4n) is 2.12. The standard InChI is InChI=1S/C13H19N3S/c1-4-16-11(7-10(3)15-16)8-12(14)13-9(2)5-6-17-13/h5-7,12H,4,8,14H2,1-3H3. The number of hydrogen-bond acceptors (Lipinski definition) is 3. The zero-order valence-electron chi connectivity index (χ0n) is 10.6. The van der Waals surface area contributed by atoms with Gasteiger partial charge in [-0.2, -0.15) is 5.10 Å². The molecule has 0 aliphatic rings. The topological polar surface area (TPSA) is 43.8 Å². The third-order valence-corrected chi connectivity index (χ3v) is 4.10. The first kappa shape index (κ1) is 12.3. The number of rotatable bonds is 4. The van der Waals surface area contributed by atoms with E-state index in [9.17, 15) is 0 Å². The van der Waals surface area contributed by atoms with E-state index in [2.05, 4.69) is 36.5 Å². The molecule has 4 heteroatoms. The van der Waals surface area contributed by atoms with E-state index in [1.54, 1.807) is 11.3 Å². The molecule has 2 N–H and O–H groups in total. The van der Waals surface area contributed by atoms with E-state index in [1.165, 1.54) is 16.1 Å². The maximum absolute atomic E-state index is 6.27. The van der Waals surface area contributed by atoms with Gasteiger partial charge < -0.3 is 5.73 Å². The Morgan fingerprint density at radius 3 is 2.82 bits per heavy atom. The van der Waals surface area contributed by atoms with Crippen LogP contribution < -0.4 is 5.73 Å². The first-order valence-electron chi connectivity index (χ1n) is 5.94. The molecule has 0 saturated carbocycles. The van der Waals surface area contributed by atoms with Gasteiger partial charge in [-0.25, -0.2) is 0 Å². The minimum absolute atomic E-state index is 0.0800. The van der Waals surface area contributed by atoms with E-state index >= 15 is 0 Å². The summed E-state index contributed by atoms with van der Waals surface area (Å²) in [7, 11) is 0. The molecule has 0 aliphatic carbocycles. The van der Waals surface area contributed by atoms with Gasteiger partial charge in [-0.3, -0.25) is 4.68 Å². The molecule has 0 fully saturated rings. The van der Waals surface area contributed by atoms with Crippen LogP contribution in [0.5, 0.6) is 0 Å². The SMILES string of the molecule is CCn1nc(C)cc1CC(N)c1sccc1C. The molecule has 1 atom stereocenters. The van der Waals surface area contributed by atoms with E-state index in [-0.39, 0.29) is 6.04 Å². The summed E-state index contributed by atoms with van der Waals surface area (Å²) in [6.45, 7) is 7.16. The summed E-state index contributed by atoms with van der Waals surface area (Å²) >= 11 is 1.74. The molecule has 0 saturated heterocycles. The van der Waals surface area contributed by atoms with Crippen molar-refractivity contribution < 1.29 is 0 Å². The zero-order chi connectivity index (χ0) is 12.4. The van der Waals surface area contributed by atoms with Crippen molar-refractivity contribution in [2.24, 2.45) is 5.73 Å². The first-order valence-corrected chi connectivity index (χ1v) is 6.82. The summed E-state index contributed by atoms with van der Waals surface area (Å²) in [5.74, 6) is 0. The van der Waals surface area contributed by atoms with E-state index < -0.39 is 0 Å². The molecule has 17 heavy (non-hydrogen) atoms. The zero-order valence-corrected chi connectivity index (χ0v) is 11.4. The lowest BCUT2D eigenvalue weighted by Gasteiger charge is -2.12. The van der Waals surface area contributed by atoms with Crippen LogP contribution in [-0.2, 0) is 13.0 Å². The Hall–Kier alpha value is -1.13. The van der Waals surface area contributed by atoms with Crippen LogP contribution in [0.1, 0.15) is 34.8 Å². The molecule has 0 radical (unpaired) electrons. The smallest absolute Gasteiger partial charge is 0.0596 e. The number of thiophene rings is 1. The maximum Gasteiger partial charge on any atom is 0.0596 e. The van der Waals surface area contributed by atoms with Crippen molar-refractivity contribution in [3.8, 4) is 0 Å². The summed E-state index contributed by atoms with van der Waals surface area (Å²) in [6, 6.07) is 4.34. The molecular formula is C13H19N3S. The number of nitrogens with two attached hydrogens (primary N) is 1. The van der Waals surface area contributed by atoms with Gasteiger partial charge in [0.15, 0.2) is 0 Å². The van der Waals surface area contributed by atoms with Crippen molar-refractivity contribution in [2.45, 2.75) is 39.8 Å². The highest BCUT2D eigenvalue weighted by molar-refractivity contribution is 7.10. The van der Waals surface area contributed by atoms with Gasteiger partial charge >= 0.3 is 0 Å². The van der Waals surface area contributed by atoms with Gasteiger partial charge in [0, 0.05) is 29.6 Å². The van der Waals surface area contributed by atoms with Gasteiger partial charge in [0.2, 0.25) is 0 Å². The van der Waals surface area contributed by atoms with Crippen LogP contribution in [-0.4, -0.2) is 9.78 Å². The van der Waals surface area contributed by atoms with Crippen molar-refractivity contribution in [1.29, 1.82) is 0 Å². The second-order valence-corrected chi connectivity index (χ2v) is 5.32. The average molecular weight is 249 g/mol. The van der Waals surface area contributed by atoms with E-state index in [1.807, 2.05) is 11.6 Å². The Morgan fingerprint density at radius 2 is 2.24 bits per heavy atom. The maximum atomic E-state index is 6.27. The van der Waals surface area contributed by atoms with E-state index in [4.69, 9.17) is 5.73 Å². The Kier molecular flexibility index (Phi) is 3.64. The van der Waals surface area contributed by atoms with Crippen molar-refractivity contribution in [2.75, 3.05) is 0 Å². The lowest BCUT2D eigenvalue weighted by molar-refractivity contribution is 0.589. The number of aromatic nitrogens is 2. The van der Waals surface area contributed by atoms with Crippen LogP contribution >= 0.6 is 11.3 Å². The summed E-state index contributed by atoms with van der Waals surface area (Å²) < 4.78 is 2.04. The molecule has 2 aromatic rings. The molecule has 0 amide bonds. The van der Waals surface area contributed by atoms with Crippen LogP contribution in [0.2, 0.25) is 0 Å². The predicted molar refractivity (Wildman–Crippen MR) is 72.3 cm³/mol. The summed E-state index contributed by atoms with van der Waals surface area (Å²) in [5, 5.41) is 6.55. The van der Waals surface area contributed by atoms with Gasteiger partial charge in [-0.1, -0.05) is 0 Å². The van der Waals surface area contributed by atoms with Crippen LogP contribution in [0.15, 0.2) is 17.5 Å². The molecule has 0 aliphatic heterocycles.